The second-order valence-electron chi connectivity index (χ2n) is 5.76. The van der Waals surface area contributed by atoms with Crippen molar-refractivity contribution in [1.82, 2.24) is 9.80 Å². The molecule has 0 unspecified atom stereocenters. The Kier molecular flexibility index (Phi) is 5.51. The Morgan fingerprint density at radius 1 is 1.23 bits per heavy atom. The summed E-state index contributed by atoms with van der Waals surface area (Å²) >= 11 is 0. The molecule has 0 radical (unpaired) electrons. The van der Waals surface area contributed by atoms with Gasteiger partial charge in [-0.3, -0.25) is 14.5 Å². The molecule has 1 saturated heterocycles. The molecule has 22 heavy (non-hydrogen) atoms. The summed E-state index contributed by atoms with van der Waals surface area (Å²) in [5.74, 6) is -1.20. The zero-order chi connectivity index (χ0) is 16.1. The van der Waals surface area contributed by atoms with Gasteiger partial charge in [0.1, 0.15) is 6.04 Å². The maximum Gasteiger partial charge on any atom is 0.321 e. The van der Waals surface area contributed by atoms with Crippen LogP contribution in [0, 0.1) is 6.92 Å². The largest absolute Gasteiger partial charge is 0.480 e. The van der Waals surface area contributed by atoms with Crippen molar-refractivity contribution in [3.8, 4) is 0 Å². The van der Waals surface area contributed by atoms with Crippen LogP contribution in [0.15, 0.2) is 24.3 Å². The third kappa shape index (κ3) is 4.29. The number of likely N-dealkylation sites (N-methyl/N-ethyl adjacent to an activating group) is 1. The number of piperazine rings is 1. The minimum Gasteiger partial charge on any atom is -0.480 e. The first-order valence-corrected chi connectivity index (χ1v) is 7.48. The molecule has 0 spiro atoms. The number of para-hydroxylation sites is 1. The number of aliphatic carboxylic acids is 1. The van der Waals surface area contributed by atoms with Crippen LogP contribution in [0.3, 0.4) is 0 Å². The van der Waals surface area contributed by atoms with Crippen LogP contribution in [0.1, 0.15) is 12.0 Å². The van der Waals surface area contributed by atoms with Crippen LogP contribution in [0.25, 0.3) is 0 Å². The van der Waals surface area contributed by atoms with Gasteiger partial charge in [-0.05, 0) is 25.6 Å². The molecule has 6 nitrogen and oxygen atoms in total. The highest BCUT2D eigenvalue weighted by atomic mass is 16.4. The predicted molar refractivity (Wildman–Crippen MR) is 84.9 cm³/mol. The molecular formula is C16H23N3O3. The molecule has 1 aromatic rings. The van der Waals surface area contributed by atoms with E-state index in [0.717, 1.165) is 24.3 Å². The van der Waals surface area contributed by atoms with Crippen molar-refractivity contribution >= 4 is 17.6 Å². The molecule has 2 N–H and O–H groups in total. The number of aryl methyl sites for hydroxylation is 1. The molecule has 1 heterocycles. The van der Waals surface area contributed by atoms with Gasteiger partial charge >= 0.3 is 5.97 Å². The second kappa shape index (κ2) is 7.38. The summed E-state index contributed by atoms with van der Waals surface area (Å²) in [5.41, 5.74) is 1.69. The van der Waals surface area contributed by atoms with Gasteiger partial charge in [0.25, 0.3) is 0 Å². The maximum atomic E-state index is 12.2. The van der Waals surface area contributed by atoms with Gasteiger partial charge in [-0.1, -0.05) is 18.2 Å². The van der Waals surface area contributed by atoms with E-state index in [9.17, 15) is 14.7 Å². The highest BCUT2D eigenvalue weighted by Gasteiger charge is 2.30. The van der Waals surface area contributed by atoms with Gasteiger partial charge in [0.2, 0.25) is 5.91 Å². The molecule has 0 aromatic heterocycles. The third-order valence-corrected chi connectivity index (χ3v) is 4.06. The van der Waals surface area contributed by atoms with Crippen molar-refractivity contribution in [1.29, 1.82) is 0 Å². The van der Waals surface area contributed by atoms with E-state index < -0.39 is 12.0 Å². The van der Waals surface area contributed by atoms with Crippen molar-refractivity contribution in [2.24, 2.45) is 0 Å². The summed E-state index contributed by atoms with van der Waals surface area (Å²) in [7, 11) is 2.01. The lowest BCUT2D eigenvalue weighted by Crippen LogP contribution is -2.52. The molecule has 0 bridgehead atoms. The lowest BCUT2D eigenvalue weighted by Gasteiger charge is -2.35. The molecule has 2 rings (SSSR count). The highest BCUT2D eigenvalue weighted by Crippen LogP contribution is 2.15. The summed E-state index contributed by atoms with van der Waals surface area (Å²) < 4.78 is 0. The average Bonchev–Trinajstić information content (AvgIpc) is 2.48. The van der Waals surface area contributed by atoms with Crippen LogP contribution in [0.2, 0.25) is 0 Å². The van der Waals surface area contributed by atoms with Gasteiger partial charge in [0.05, 0.1) is 6.42 Å². The van der Waals surface area contributed by atoms with E-state index in [0.29, 0.717) is 13.1 Å². The molecule has 1 amide bonds. The summed E-state index contributed by atoms with van der Waals surface area (Å²) in [4.78, 5) is 27.7. The van der Waals surface area contributed by atoms with Gasteiger partial charge in [-0.15, -0.1) is 0 Å². The standard InChI is InChI=1S/C16H23N3O3/c1-12-5-3-4-6-13(12)17-15(20)11-14(16(21)22)19-9-7-18(2)8-10-19/h3-6,14H,7-11H2,1-2H3,(H,17,20)(H,21,22)/t14-/m1/s1. The van der Waals surface area contributed by atoms with E-state index in [1.165, 1.54) is 0 Å². The number of rotatable bonds is 5. The third-order valence-electron chi connectivity index (χ3n) is 4.06. The lowest BCUT2D eigenvalue weighted by molar-refractivity contribution is -0.145. The van der Waals surface area contributed by atoms with Crippen LogP contribution >= 0.6 is 0 Å². The number of benzene rings is 1. The van der Waals surface area contributed by atoms with Crippen molar-refractivity contribution in [3.63, 3.8) is 0 Å². The molecule has 0 aliphatic carbocycles. The highest BCUT2D eigenvalue weighted by molar-refractivity contribution is 5.94. The topological polar surface area (TPSA) is 72.9 Å². The molecule has 1 atom stereocenters. The number of nitrogens with one attached hydrogen (secondary N) is 1. The number of anilines is 1. The first kappa shape index (κ1) is 16.5. The number of carbonyl (C=O) groups is 2. The molecule has 1 aliphatic heterocycles. The second-order valence-corrected chi connectivity index (χ2v) is 5.76. The Balaban J connectivity index is 1.97. The van der Waals surface area contributed by atoms with E-state index >= 15 is 0 Å². The molecule has 120 valence electrons. The van der Waals surface area contributed by atoms with Gasteiger partial charge in [-0.2, -0.15) is 0 Å². The summed E-state index contributed by atoms with van der Waals surface area (Å²) in [6, 6.07) is 6.70. The Bertz CT molecular complexity index is 539. The molecule has 6 heteroatoms. The smallest absolute Gasteiger partial charge is 0.321 e. The fraction of sp³-hybridized carbons (Fsp3) is 0.500. The number of carboxylic acids is 1. The van der Waals surface area contributed by atoms with Crippen molar-refractivity contribution in [3.05, 3.63) is 29.8 Å². The Morgan fingerprint density at radius 2 is 1.86 bits per heavy atom. The normalized spacial score (nSPS) is 17.9. The zero-order valence-electron chi connectivity index (χ0n) is 13.1. The maximum absolute atomic E-state index is 12.2. The Hall–Kier alpha value is -1.92. The number of nitrogens with zero attached hydrogens (tertiary/aromatic N) is 2. The van der Waals surface area contributed by atoms with Gasteiger partial charge in [0, 0.05) is 31.9 Å². The minimum absolute atomic E-state index is 0.0343. The van der Waals surface area contributed by atoms with E-state index in [1.807, 2.05) is 43.1 Å². The SMILES string of the molecule is Cc1ccccc1NC(=O)C[C@H](C(=O)O)N1CCN(C)CC1. The van der Waals surface area contributed by atoms with Crippen LogP contribution in [0.4, 0.5) is 5.69 Å². The molecule has 0 saturated carbocycles. The minimum atomic E-state index is -0.940. The summed E-state index contributed by atoms with van der Waals surface area (Å²) in [6.45, 7) is 4.90. The Labute approximate surface area is 130 Å². The summed E-state index contributed by atoms with van der Waals surface area (Å²) in [6.07, 6.45) is -0.0343. The lowest BCUT2D eigenvalue weighted by atomic mass is 10.1. The Morgan fingerprint density at radius 3 is 2.45 bits per heavy atom. The van der Waals surface area contributed by atoms with Crippen LogP contribution < -0.4 is 5.32 Å². The molecule has 1 aliphatic rings. The number of hydrogen-bond donors (Lipinski definition) is 2. The zero-order valence-corrected chi connectivity index (χ0v) is 13.1. The first-order valence-electron chi connectivity index (χ1n) is 7.48. The number of hydrogen-bond acceptors (Lipinski definition) is 4. The predicted octanol–water partition coefficient (Wildman–Crippen LogP) is 1.02. The quantitative estimate of drug-likeness (QED) is 0.850. The first-order chi connectivity index (χ1) is 10.5. The average molecular weight is 305 g/mol. The molecule has 1 aromatic carbocycles. The van der Waals surface area contributed by atoms with E-state index in [2.05, 4.69) is 10.2 Å². The number of amides is 1. The van der Waals surface area contributed by atoms with Gasteiger partial charge < -0.3 is 15.3 Å². The van der Waals surface area contributed by atoms with Gasteiger partial charge in [0.15, 0.2) is 0 Å². The monoisotopic (exact) mass is 305 g/mol. The molecular weight excluding hydrogens is 282 g/mol. The van der Waals surface area contributed by atoms with Crippen molar-refractivity contribution < 1.29 is 14.7 Å². The summed E-state index contributed by atoms with van der Waals surface area (Å²) in [5, 5.41) is 12.2. The van der Waals surface area contributed by atoms with Crippen LogP contribution in [0.5, 0.6) is 0 Å². The van der Waals surface area contributed by atoms with Crippen molar-refractivity contribution in [2.45, 2.75) is 19.4 Å². The van der Waals surface area contributed by atoms with Crippen LogP contribution in [-0.4, -0.2) is 66.1 Å². The van der Waals surface area contributed by atoms with Gasteiger partial charge in [-0.25, -0.2) is 0 Å². The molecule has 1 fully saturated rings. The fourth-order valence-corrected chi connectivity index (χ4v) is 2.60. The van der Waals surface area contributed by atoms with Crippen LogP contribution in [-0.2, 0) is 9.59 Å². The number of carboxylic acid groups (broad SMARTS) is 1. The van der Waals surface area contributed by atoms with E-state index in [-0.39, 0.29) is 12.3 Å². The van der Waals surface area contributed by atoms with E-state index in [4.69, 9.17) is 0 Å². The van der Waals surface area contributed by atoms with Crippen molar-refractivity contribution in [2.75, 3.05) is 38.5 Å². The van der Waals surface area contributed by atoms with E-state index in [1.54, 1.807) is 0 Å². The fourth-order valence-electron chi connectivity index (χ4n) is 2.60. The number of carbonyl (C=O) groups excluding carboxylic acids is 1.